The van der Waals surface area contributed by atoms with Crippen LogP contribution in [0.15, 0.2) is 16.6 Å². The Morgan fingerprint density at radius 2 is 2.09 bits per heavy atom. The molecule has 1 aromatic carbocycles. The fourth-order valence-corrected chi connectivity index (χ4v) is 1.63. The van der Waals surface area contributed by atoms with E-state index in [1.807, 2.05) is 0 Å². The first-order valence-electron chi connectivity index (χ1n) is 2.84. The van der Waals surface area contributed by atoms with Crippen LogP contribution in [-0.4, -0.2) is 0 Å². The molecule has 11 heavy (non-hydrogen) atoms. The molecule has 0 unspecified atom stereocenters. The van der Waals surface area contributed by atoms with Gasteiger partial charge in [0.15, 0.2) is 0 Å². The molecule has 0 bridgehead atoms. The first-order valence-corrected chi connectivity index (χ1v) is 4.55. The van der Waals surface area contributed by atoms with Gasteiger partial charge in [0.05, 0.1) is 5.02 Å². The lowest BCUT2D eigenvalue weighted by Crippen LogP contribution is -1.84. The van der Waals surface area contributed by atoms with Crippen molar-refractivity contribution in [1.82, 2.24) is 0 Å². The molecule has 0 radical (unpaired) electrons. The van der Waals surface area contributed by atoms with Crippen LogP contribution in [0.1, 0.15) is 5.56 Å². The van der Waals surface area contributed by atoms with Crippen molar-refractivity contribution in [3.63, 3.8) is 0 Å². The van der Waals surface area contributed by atoms with E-state index < -0.39 is 0 Å². The maximum atomic E-state index is 12.6. The van der Waals surface area contributed by atoms with Gasteiger partial charge in [0, 0.05) is 10.4 Å². The van der Waals surface area contributed by atoms with Crippen molar-refractivity contribution in [3.8, 4) is 0 Å². The van der Waals surface area contributed by atoms with Crippen molar-refractivity contribution >= 4 is 39.1 Å². The molecule has 0 heterocycles. The molecule has 0 fully saturated rings. The van der Waals surface area contributed by atoms with Gasteiger partial charge in [-0.25, -0.2) is 4.39 Å². The van der Waals surface area contributed by atoms with Gasteiger partial charge in [-0.15, -0.1) is 11.6 Å². The Labute approximate surface area is 82.4 Å². The molecule has 0 aliphatic heterocycles. The zero-order valence-corrected chi connectivity index (χ0v) is 8.47. The second-order valence-corrected chi connectivity index (χ2v) is 3.49. The normalized spacial score (nSPS) is 10.2. The summed E-state index contributed by atoms with van der Waals surface area (Å²) >= 11 is 14.4. The molecule has 0 nitrogen and oxygen atoms in total. The summed E-state index contributed by atoms with van der Waals surface area (Å²) in [5, 5.41) is 0.474. The molecule has 60 valence electrons. The number of hydrogen-bond donors (Lipinski definition) is 0. The van der Waals surface area contributed by atoms with E-state index in [4.69, 9.17) is 23.2 Å². The Morgan fingerprint density at radius 3 is 2.64 bits per heavy atom. The third-order valence-electron chi connectivity index (χ3n) is 1.21. The van der Waals surface area contributed by atoms with E-state index >= 15 is 0 Å². The number of halogens is 4. The Bertz CT molecular complexity index is 275. The van der Waals surface area contributed by atoms with Crippen LogP contribution >= 0.6 is 39.1 Å². The van der Waals surface area contributed by atoms with Gasteiger partial charge in [0.25, 0.3) is 0 Å². The van der Waals surface area contributed by atoms with E-state index in [-0.39, 0.29) is 11.7 Å². The van der Waals surface area contributed by atoms with Gasteiger partial charge in [-0.05, 0) is 33.6 Å². The number of rotatable bonds is 1. The third kappa shape index (κ3) is 2.08. The van der Waals surface area contributed by atoms with Crippen LogP contribution in [0.5, 0.6) is 0 Å². The fourth-order valence-electron chi connectivity index (χ4n) is 0.707. The molecule has 0 saturated carbocycles. The second kappa shape index (κ2) is 3.74. The van der Waals surface area contributed by atoms with Crippen LogP contribution in [0, 0.1) is 5.82 Å². The van der Waals surface area contributed by atoms with Crippen LogP contribution in [0.25, 0.3) is 0 Å². The lowest BCUT2D eigenvalue weighted by molar-refractivity contribution is 0.625. The molecule has 0 aromatic heterocycles. The van der Waals surface area contributed by atoms with Crippen molar-refractivity contribution in [2.75, 3.05) is 0 Å². The van der Waals surface area contributed by atoms with Gasteiger partial charge in [0.1, 0.15) is 5.82 Å². The van der Waals surface area contributed by atoms with E-state index in [1.54, 1.807) is 0 Å². The van der Waals surface area contributed by atoms with Crippen molar-refractivity contribution in [2.24, 2.45) is 0 Å². The number of alkyl halides is 1. The predicted molar refractivity (Wildman–Crippen MR) is 48.7 cm³/mol. The van der Waals surface area contributed by atoms with Crippen LogP contribution in [0.2, 0.25) is 5.02 Å². The van der Waals surface area contributed by atoms with Gasteiger partial charge < -0.3 is 0 Å². The highest BCUT2D eigenvalue weighted by Gasteiger charge is 2.05. The average Bonchev–Trinajstić information content (AvgIpc) is 1.96. The highest BCUT2D eigenvalue weighted by molar-refractivity contribution is 9.10. The molecule has 0 atom stereocenters. The predicted octanol–water partition coefficient (Wildman–Crippen LogP) is 3.98. The molecule has 1 rings (SSSR count). The molecule has 0 saturated heterocycles. The summed E-state index contributed by atoms with van der Waals surface area (Å²) in [4.78, 5) is 0. The van der Waals surface area contributed by atoms with Gasteiger partial charge in [0.2, 0.25) is 0 Å². The zero-order chi connectivity index (χ0) is 8.43. The Kier molecular flexibility index (Phi) is 3.16. The van der Waals surface area contributed by atoms with Crippen molar-refractivity contribution in [3.05, 3.63) is 33.0 Å². The Balaban J connectivity index is 3.24. The molecule has 0 aliphatic rings. The van der Waals surface area contributed by atoms with Gasteiger partial charge >= 0.3 is 0 Å². The molecule has 0 aliphatic carbocycles. The summed E-state index contributed by atoms with van der Waals surface area (Å²) in [6.45, 7) is 0. The van der Waals surface area contributed by atoms with Gasteiger partial charge in [-0.2, -0.15) is 0 Å². The lowest BCUT2D eigenvalue weighted by Gasteiger charge is -2.01. The minimum atomic E-state index is -0.336. The quantitative estimate of drug-likeness (QED) is 0.527. The summed E-state index contributed by atoms with van der Waals surface area (Å²) in [5.74, 6) is -0.119. The number of benzene rings is 1. The van der Waals surface area contributed by atoms with E-state index in [2.05, 4.69) is 15.9 Å². The largest absolute Gasteiger partial charge is 0.207 e. The molecule has 0 amide bonds. The second-order valence-electron chi connectivity index (χ2n) is 1.99. The smallest absolute Gasteiger partial charge is 0.124 e. The fraction of sp³-hybridized carbons (Fsp3) is 0.143. The average molecular weight is 258 g/mol. The van der Waals surface area contributed by atoms with Crippen LogP contribution in [0.3, 0.4) is 0 Å². The standard InChI is InChI=1S/C7H4BrCl2F/c8-6-2-5(11)1-4(3-9)7(6)10/h1-2H,3H2. The third-order valence-corrected chi connectivity index (χ3v) is 2.80. The summed E-state index contributed by atoms with van der Waals surface area (Å²) < 4.78 is 13.2. The molecule has 0 N–H and O–H groups in total. The van der Waals surface area contributed by atoms with E-state index in [9.17, 15) is 4.39 Å². The molecule has 0 spiro atoms. The molecular weight excluding hydrogens is 254 g/mol. The van der Waals surface area contributed by atoms with Crippen molar-refractivity contribution in [1.29, 1.82) is 0 Å². The maximum Gasteiger partial charge on any atom is 0.124 e. The van der Waals surface area contributed by atoms with E-state index in [0.717, 1.165) is 0 Å². The zero-order valence-electron chi connectivity index (χ0n) is 5.37. The summed E-state index contributed by atoms with van der Waals surface area (Å²) in [5.41, 5.74) is 0.597. The Morgan fingerprint density at radius 1 is 1.45 bits per heavy atom. The maximum absolute atomic E-state index is 12.6. The number of hydrogen-bond acceptors (Lipinski definition) is 0. The first-order chi connectivity index (χ1) is 5.15. The van der Waals surface area contributed by atoms with Crippen molar-refractivity contribution < 1.29 is 4.39 Å². The lowest BCUT2D eigenvalue weighted by atomic mass is 10.2. The Hall–Kier alpha value is 0.210. The van der Waals surface area contributed by atoms with E-state index in [1.165, 1.54) is 12.1 Å². The van der Waals surface area contributed by atoms with Crippen molar-refractivity contribution in [2.45, 2.75) is 5.88 Å². The van der Waals surface area contributed by atoms with Crippen LogP contribution < -0.4 is 0 Å². The first kappa shape index (κ1) is 9.30. The highest BCUT2D eigenvalue weighted by Crippen LogP contribution is 2.28. The topological polar surface area (TPSA) is 0 Å². The van der Waals surface area contributed by atoms with E-state index in [0.29, 0.717) is 15.1 Å². The van der Waals surface area contributed by atoms with Crippen LogP contribution in [0.4, 0.5) is 4.39 Å². The van der Waals surface area contributed by atoms with Gasteiger partial charge in [-0.1, -0.05) is 11.6 Å². The SMILES string of the molecule is Fc1cc(Br)c(Cl)c(CCl)c1. The minimum absolute atomic E-state index is 0.217. The summed E-state index contributed by atoms with van der Waals surface area (Å²) in [7, 11) is 0. The monoisotopic (exact) mass is 256 g/mol. The molecular formula is C7H4BrCl2F. The molecule has 4 heteroatoms. The van der Waals surface area contributed by atoms with Gasteiger partial charge in [-0.3, -0.25) is 0 Å². The van der Waals surface area contributed by atoms with Crippen LogP contribution in [-0.2, 0) is 5.88 Å². The minimum Gasteiger partial charge on any atom is -0.207 e. The summed E-state index contributed by atoms with van der Waals surface area (Å²) in [6, 6.07) is 2.62. The summed E-state index contributed by atoms with van der Waals surface area (Å²) in [6.07, 6.45) is 0. The molecule has 1 aromatic rings. The highest BCUT2D eigenvalue weighted by atomic mass is 79.9.